The number of halogens is 4. The third-order valence-corrected chi connectivity index (χ3v) is 5.10. The largest absolute Gasteiger partial charge is 0.121 e. The summed E-state index contributed by atoms with van der Waals surface area (Å²) in [6, 6.07) is 0. The number of hydrogen-bond acceptors (Lipinski definition) is 0. The molecule has 0 spiro atoms. The fourth-order valence-corrected chi connectivity index (χ4v) is 2.37. The van der Waals surface area contributed by atoms with Crippen LogP contribution in [0.15, 0.2) is 10.6 Å². The van der Waals surface area contributed by atoms with Gasteiger partial charge in [-0.25, -0.2) is 0 Å². The number of hydrogen-bond donors (Lipinski definition) is 0. The molecule has 14 heavy (non-hydrogen) atoms. The summed E-state index contributed by atoms with van der Waals surface area (Å²) in [5, 5.41) is 1.60. The monoisotopic (exact) mass is 364 g/mol. The molecule has 0 bridgehead atoms. The number of allylic oxidation sites excluding steroid dienone is 2. The van der Waals surface area contributed by atoms with Crippen molar-refractivity contribution in [3.8, 4) is 0 Å². The first kappa shape index (κ1) is 15.3. The lowest BCUT2D eigenvalue weighted by atomic mass is 10.0. The zero-order chi connectivity index (χ0) is 11.1. The lowest BCUT2D eigenvalue weighted by Gasteiger charge is -2.14. The summed E-state index contributed by atoms with van der Waals surface area (Å²) < 4.78 is 0. The first-order chi connectivity index (χ1) is 6.52. The molecule has 0 saturated heterocycles. The van der Waals surface area contributed by atoms with Crippen LogP contribution in [0.5, 0.6) is 0 Å². The zero-order valence-electron chi connectivity index (χ0n) is 8.49. The molecule has 0 heterocycles. The van der Waals surface area contributed by atoms with E-state index in [9.17, 15) is 0 Å². The molecule has 0 aliphatic rings. The van der Waals surface area contributed by atoms with E-state index in [0.717, 1.165) is 23.2 Å². The zero-order valence-corrected chi connectivity index (χ0v) is 13.2. The minimum Gasteiger partial charge on any atom is -0.121 e. The summed E-state index contributed by atoms with van der Waals surface area (Å²) in [6.07, 6.45) is 2.11. The molecule has 0 aliphatic heterocycles. The smallest absolute Gasteiger partial charge is 0.0581 e. The molecule has 0 amide bonds. The third kappa shape index (κ3) is 5.99. The Kier molecular flexibility index (Phi) is 9.21. The Morgan fingerprint density at radius 1 is 1.36 bits per heavy atom. The summed E-state index contributed by atoms with van der Waals surface area (Å²) in [4.78, 5) is 0.552. The van der Waals surface area contributed by atoms with E-state index in [1.165, 1.54) is 5.57 Å². The molecular weight excluding hydrogens is 351 g/mol. The molecule has 0 fully saturated rings. The van der Waals surface area contributed by atoms with Crippen molar-refractivity contribution >= 4 is 55.1 Å². The molecular formula is C10H16Br2Cl2. The highest BCUT2D eigenvalue weighted by atomic mass is 79.9. The summed E-state index contributed by atoms with van der Waals surface area (Å²) >= 11 is 18.8. The molecule has 0 unspecified atom stereocenters. The first-order valence-electron chi connectivity index (χ1n) is 4.65. The summed E-state index contributed by atoms with van der Waals surface area (Å²) in [5.41, 5.74) is 1.21. The van der Waals surface area contributed by atoms with Crippen LogP contribution in [0.2, 0.25) is 0 Å². The Labute approximate surface area is 114 Å². The van der Waals surface area contributed by atoms with Gasteiger partial charge in [0.2, 0.25) is 0 Å². The molecule has 0 rings (SSSR count). The van der Waals surface area contributed by atoms with E-state index >= 15 is 0 Å². The van der Waals surface area contributed by atoms with Gasteiger partial charge in [0.05, 0.1) is 5.88 Å². The molecule has 0 aromatic heterocycles. The second-order valence-corrected chi connectivity index (χ2v) is 6.03. The highest BCUT2D eigenvalue weighted by Gasteiger charge is 2.11. The Bertz CT molecular complexity index is 191. The minimum absolute atomic E-state index is 0.414. The van der Waals surface area contributed by atoms with E-state index in [1.54, 1.807) is 0 Å². The Morgan fingerprint density at radius 3 is 2.29 bits per heavy atom. The van der Waals surface area contributed by atoms with Crippen LogP contribution in [0.1, 0.15) is 26.7 Å². The van der Waals surface area contributed by atoms with Crippen LogP contribution in [-0.2, 0) is 0 Å². The van der Waals surface area contributed by atoms with E-state index in [2.05, 4.69) is 45.7 Å². The normalized spacial score (nSPS) is 15.6. The van der Waals surface area contributed by atoms with Gasteiger partial charge < -0.3 is 0 Å². The van der Waals surface area contributed by atoms with Gasteiger partial charge in [0.15, 0.2) is 0 Å². The Morgan fingerprint density at radius 2 is 1.93 bits per heavy atom. The van der Waals surface area contributed by atoms with E-state index in [0.29, 0.717) is 16.6 Å². The van der Waals surface area contributed by atoms with Crippen LogP contribution in [0.25, 0.3) is 0 Å². The molecule has 0 radical (unpaired) electrons. The molecule has 1 atom stereocenters. The summed E-state index contributed by atoms with van der Waals surface area (Å²) in [5.74, 6) is 1.07. The van der Waals surface area contributed by atoms with Crippen molar-refractivity contribution in [2.75, 3.05) is 11.2 Å². The standard InChI is InChI=1S/C10H16Br2Cl2/c1-7(2)9(12)4-3-8(5-11)10(14)6-13/h7,9H,3-6H2,1-2H3/b10-8-/t9-/m1/s1. The highest BCUT2D eigenvalue weighted by molar-refractivity contribution is 9.09. The van der Waals surface area contributed by atoms with Crippen LogP contribution in [0.3, 0.4) is 0 Å². The van der Waals surface area contributed by atoms with Crippen molar-refractivity contribution in [3.63, 3.8) is 0 Å². The van der Waals surface area contributed by atoms with Crippen molar-refractivity contribution in [1.82, 2.24) is 0 Å². The number of rotatable bonds is 6. The molecule has 84 valence electrons. The van der Waals surface area contributed by atoms with Crippen molar-refractivity contribution < 1.29 is 0 Å². The second kappa shape index (κ2) is 8.43. The lowest BCUT2D eigenvalue weighted by molar-refractivity contribution is 0.580. The van der Waals surface area contributed by atoms with Crippen LogP contribution >= 0.6 is 55.1 Å². The van der Waals surface area contributed by atoms with Crippen molar-refractivity contribution in [2.24, 2.45) is 5.92 Å². The Balaban J connectivity index is 4.09. The van der Waals surface area contributed by atoms with Crippen LogP contribution in [0, 0.1) is 5.92 Å². The van der Waals surface area contributed by atoms with Gasteiger partial charge in [0, 0.05) is 15.2 Å². The van der Waals surface area contributed by atoms with Crippen molar-refractivity contribution in [3.05, 3.63) is 10.6 Å². The van der Waals surface area contributed by atoms with Gasteiger partial charge in [0.25, 0.3) is 0 Å². The van der Waals surface area contributed by atoms with Gasteiger partial charge in [-0.05, 0) is 24.3 Å². The van der Waals surface area contributed by atoms with E-state index in [1.807, 2.05) is 0 Å². The Hall–Kier alpha value is 1.28. The van der Waals surface area contributed by atoms with Crippen molar-refractivity contribution in [1.29, 1.82) is 0 Å². The summed E-state index contributed by atoms with van der Waals surface area (Å²) in [7, 11) is 0. The van der Waals surface area contributed by atoms with Crippen LogP contribution < -0.4 is 0 Å². The summed E-state index contributed by atoms with van der Waals surface area (Å²) in [6.45, 7) is 4.42. The maximum absolute atomic E-state index is 6.00. The van der Waals surface area contributed by atoms with E-state index < -0.39 is 0 Å². The van der Waals surface area contributed by atoms with Gasteiger partial charge in [-0.3, -0.25) is 0 Å². The average Bonchev–Trinajstić information content (AvgIpc) is 2.17. The topological polar surface area (TPSA) is 0 Å². The highest BCUT2D eigenvalue weighted by Crippen LogP contribution is 2.24. The molecule has 0 N–H and O–H groups in total. The number of alkyl halides is 3. The molecule has 0 aliphatic carbocycles. The fourth-order valence-electron chi connectivity index (χ4n) is 1.01. The van der Waals surface area contributed by atoms with Crippen LogP contribution in [0.4, 0.5) is 0 Å². The quantitative estimate of drug-likeness (QED) is 0.558. The van der Waals surface area contributed by atoms with Gasteiger partial charge in [-0.15, -0.1) is 11.6 Å². The van der Waals surface area contributed by atoms with Gasteiger partial charge in [0.1, 0.15) is 0 Å². The molecule has 0 nitrogen and oxygen atoms in total. The van der Waals surface area contributed by atoms with Crippen molar-refractivity contribution in [2.45, 2.75) is 31.5 Å². The second-order valence-electron chi connectivity index (χ2n) is 3.57. The third-order valence-electron chi connectivity index (χ3n) is 2.11. The molecule has 0 aromatic carbocycles. The SMILES string of the molecule is CC(C)[C@H](Br)CC/C(CBr)=C(/Cl)CCl. The van der Waals surface area contributed by atoms with Gasteiger partial charge >= 0.3 is 0 Å². The average molecular weight is 367 g/mol. The molecule has 0 saturated carbocycles. The lowest BCUT2D eigenvalue weighted by Crippen LogP contribution is -2.07. The van der Waals surface area contributed by atoms with Gasteiger partial charge in [-0.1, -0.05) is 57.3 Å². The first-order valence-corrected chi connectivity index (χ1v) is 7.60. The van der Waals surface area contributed by atoms with E-state index in [-0.39, 0.29) is 0 Å². The fraction of sp³-hybridized carbons (Fsp3) is 0.800. The molecule has 4 heteroatoms. The molecule has 0 aromatic rings. The van der Waals surface area contributed by atoms with Gasteiger partial charge in [-0.2, -0.15) is 0 Å². The van der Waals surface area contributed by atoms with Crippen LogP contribution in [-0.4, -0.2) is 16.0 Å². The predicted molar refractivity (Wildman–Crippen MR) is 74.2 cm³/mol. The predicted octanol–water partition coefficient (Wildman–Crippen LogP) is 5.31. The maximum Gasteiger partial charge on any atom is 0.0581 e. The minimum atomic E-state index is 0.414. The maximum atomic E-state index is 6.00. The van der Waals surface area contributed by atoms with E-state index in [4.69, 9.17) is 23.2 Å².